The lowest BCUT2D eigenvalue weighted by atomic mass is 9.67. The normalized spacial score (nSPS) is 13.5. The second-order valence-corrected chi connectivity index (χ2v) is 21.1. The van der Waals surface area contributed by atoms with Crippen LogP contribution in [0.25, 0.3) is 61.0 Å². The Bertz CT molecular complexity index is 4070. The third kappa shape index (κ3) is 7.26. The third-order valence-corrected chi connectivity index (χ3v) is 15.7. The van der Waals surface area contributed by atoms with E-state index >= 15 is 0 Å². The average Bonchev–Trinajstić information content (AvgIpc) is 4.23. The SMILES string of the molecule is CC(C)(C)c1ccnc(-n2c3ccccc3c3ccc(Oc4cc(N5CN(c6c(-c7ccccc7)cccc6-c6ccccc6)c6ccccc65)cc(C5(c6ccccc6)c6ccccc6-c6ccccc65)c4)cc32)c1. The van der Waals surface area contributed by atoms with Gasteiger partial charge in [-0.2, -0.15) is 0 Å². The molecule has 14 rings (SSSR count). The number of ether oxygens (including phenoxy) is 1. The van der Waals surface area contributed by atoms with Gasteiger partial charge in [0.05, 0.1) is 33.5 Å². The zero-order valence-corrected chi connectivity index (χ0v) is 42.7. The van der Waals surface area contributed by atoms with E-state index in [9.17, 15) is 0 Å². The summed E-state index contributed by atoms with van der Waals surface area (Å²) < 4.78 is 9.68. The largest absolute Gasteiger partial charge is 0.457 e. The molecule has 0 spiro atoms. The van der Waals surface area contributed by atoms with Crippen molar-refractivity contribution in [2.75, 3.05) is 16.5 Å². The molecule has 12 aromatic rings. The molecule has 1 aliphatic carbocycles. The maximum absolute atomic E-state index is 7.39. The van der Waals surface area contributed by atoms with Crippen molar-refractivity contribution in [3.8, 4) is 50.7 Å². The summed E-state index contributed by atoms with van der Waals surface area (Å²) in [7, 11) is 0. The lowest BCUT2D eigenvalue weighted by Crippen LogP contribution is -2.29. The van der Waals surface area contributed by atoms with Crippen LogP contribution in [-0.2, 0) is 10.8 Å². The molecule has 5 heteroatoms. The molecule has 2 aromatic heterocycles. The molecule has 3 heterocycles. The predicted octanol–water partition coefficient (Wildman–Crippen LogP) is 18.2. The average molecular weight is 979 g/mol. The Labute approximate surface area is 444 Å². The molecular formula is C71H54N4O. The molecule has 0 amide bonds. The van der Waals surface area contributed by atoms with Crippen LogP contribution in [0.2, 0.25) is 0 Å². The molecule has 5 nitrogen and oxygen atoms in total. The Morgan fingerprint density at radius 1 is 0.434 bits per heavy atom. The van der Waals surface area contributed by atoms with Gasteiger partial charge in [-0.3, -0.25) is 4.57 Å². The summed E-state index contributed by atoms with van der Waals surface area (Å²) >= 11 is 0. The van der Waals surface area contributed by atoms with Crippen molar-refractivity contribution in [1.29, 1.82) is 0 Å². The number of rotatable bonds is 9. The van der Waals surface area contributed by atoms with Crippen LogP contribution in [0.15, 0.2) is 261 Å². The van der Waals surface area contributed by atoms with E-state index in [-0.39, 0.29) is 5.41 Å². The Hall–Kier alpha value is -9.45. The van der Waals surface area contributed by atoms with Crippen molar-refractivity contribution in [2.24, 2.45) is 0 Å². The highest BCUT2D eigenvalue weighted by Gasteiger charge is 2.47. The molecule has 0 unspecified atom stereocenters. The number of pyridine rings is 1. The van der Waals surface area contributed by atoms with E-state index in [0.717, 1.165) is 62.0 Å². The second-order valence-electron chi connectivity index (χ2n) is 21.1. The number of anilines is 4. The van der Waals surface area contributed by atoms with E-state index in [1.165, 1.54) is 61.0 Å². The quantitative estimate of drug-likeness (QED) is 0.144. The van der Waals surface area contributed by atoms with E-state index in [0.29, 0.717) is 6.67 Å². The topological polar surface area (TPSA) is 33.5 Å². The Kier molecular flexibility index (Phi) is 10.6. The van der Waals surface area contributed by atoms with Crippen LogP contribution in [0.4, 0.5) is 22.7 Å². The Morgan fingerprint density at radius 2 is 1.00 bits per heavy atom. The van der Waals surface area contributed by atoms with Crippen molar-refractivity contribution in [2.45, 2.75) is 31.6 Å². The second kappa shape index (κ2) is 17.9. The van der Waals surface area contributed by atoms with Gasteiger partial charge in [0.2, 0.25) is 0 Å². The van der Waals surface area contributed by atoms with Gasteiger partial charge in [0.25, 0.3) is 0 Å². The highest BCUT2D eigenvalue weighted by molar-refractivity contribution is 6.09. The first kappa shape index (κ1) is 45.2. The summed E-state index contributed by atoms with van der Waals surface area (Å²) in [5.41, 5.74) is 19.0. The van der Waals surface area contributed by atoms with E-state index in [1.807, 2.05) is 6.20 Å². The number of hydrogen-bond acceptors (Lipinski definition) is 4. The summed E-state index contributed by atoms with van der Waals surface area (Å²) in [4.78, 5) is 9.98. The van der Waals surface area contributed by atoms with E-state index < -0.39 is 5.41 Å². The van der Waals surface area contributed by atoms with Crippen LogP contribution < -0.4 is 14.5 Å². The fourth-order valence-electron chi connectivity index (χ4n) is 12.3. The summed E-state index contributed by atoms with van der Waals surface area (Å²) in [6.07, 6.45) is 1.94. The zero-order valence-electron chi connectivity index (χ0n) is 42.7. The lowest BCUT2D eigenvalue weighted by Gasteiger charge is -2.35. The van der Waals surface area contributed by atoms with Crippen LogP contribution in [0.3, 0.4) is 0 Å². The molecule has 0 bridgehead atoms. The van der Waals surface area contributed by atoms with Crippen LogP contribution in [0.5, 0.6) is 11.5 Å². The van der Waals surface area contributed by atoms with Crippen LogP contribution in [0.1, 0.15) is 48.6 Å². The Morgan fingerprint density at radius 3 is 1.67 bits per heavy atom. The van der Waals surface area contributed by atoms with E-state index in [4.69, 9.17) is 9.72 Å². The van der Waals surface area contributed by atoms with Crippen LogP contribution in [-0.4, -0.2) is 16.2 Å². The minimum atomic E-state index is -0.679. The van der Waals surface area contributed by atoms with E-state index in [2.05, 4.69) is 290 Å². The molecule has 10 aromatic carbocycles. The Balaban J connectivity index is 0.992. The van der Waals surface area contributed by atoms with Gasteiger partial charge in [0.15, 0.2) is 0 Å². The first-order valence-corrected chi connectivity index (χ1v) is 26.3. The van der Waals surface area contributed by atoms with E-state index in [1.54, 1.807) is 0 Å². The molecular weight excluding hydrogens is 925 g/mol. The third-order valence-electron chi connectivity index (χ3n) is 15.7. The first-order chi connectivity index (χ1) is 37.3. The molecule has 0 atom stereocenters. The van der Waals surface area contributed by atoms with Gasteiger partial charge in [0.1, 0.15) is 24.0 Å². The number of fused-ring (bicyclic) bond motifs is 7. The van der Waals surface area contributed by atoms with Crippen molar-refractivity contribution in [3.05, 3.63) is 289 Å². The molecule has 364 valence electrons. The highest BCUT2D eigenvalue weighted by atomic mass is 16.5. The summed E-state index contributed by atoms with van der Waals surface area (Å²) in [5.74, 6) is 2.36. The van der Waals surface area contributed by atoms with Crippen molar-refractivity contribution in [3.63, 3.8) is 0 Å². The van der Waals surface area contributed by atoms with Crippen LogP contribution >= 0.6 is 0 Å². The van der Waals surface area contributed by atoms with Gasteiger partial charge in [-0.25, -0.2) is 4.98 Å². The smallest absolute Gasteiger partial charge is 0.137 e. The lowest BCUT2D eigenvalue weighted by molar-refractivity contribution is 0.482. The zero-order chi connectivity index (χ0) is 51.0. The van der Waals surface area contributed by atoms with Gasteiger partial charge in [0, 0.05) is 45.9 Å². The van der Waals surface area contributed by atoms with Gasteiger partial charge in [-0.05, 0) is 110 Å². The van der Waals surface area contributed by atoms with Gasteiger partial charge >= 0.3 is 0 Å². The molecule has 0 saturated carbocycles. The van der Waals surface area contributed by atoms with Gasteiger partial charge in [-0.15, -0.1) is 0 Å². The number of benzene rings is 10. The molecule has 2 aliphatic rings. The van der Waals surface area contributed by atoms with Crippen molar-refractivity contribution in [1.82, 2.24) is 9.55 Å². The monoisotopic (exact) mass is 978 g/mol. The minimum Gasteiger partial charge on any atom is -0.457 e. The highest BCUT2D eigenvalue weighted by Crippen LogP contribution is 2.58. The van der Waals surface area contributed by atoms with Crippen molar-refractivity contribution < 1.29 is 4.74 Å². The number of aromatic nitrogens is 2. The van der Waals surface area contributed by atoms with Gasteiger partial charge < -0.3 is 14.5 Å². The number of nitrogens with zero attached hydrogens (tertiary/aromatic N) is 4. The molecule has 0 N–H and O–H groups in total. The van der Waals surface area contributed by atoms with Crippen molar-refractivity contribution >= 4 is 44.6 Å². The standard InChI is InChI=1S/C71H54N4O/c1-70(2,3)51-40-41-72-68(44-51)75-64-35-18-15-30-60(64)61-39-38-54(46-67(61)75)76-55-43-52(71(50-26-11-6-12-27-50)62-33-16-13-28-58(62)59-29-14-17-34-63(59)71)42-53(45-55)73-47-74(66-37-20-19-36-65(66)73)69-56(48-22-7-4-8-23-48)31-21-32-57(69)49-24-9-5-10-25-49/h4-46H,47H2,1-3H3. The number of hydrogen-bond donors (Lipinski definition) is 0. The van der Waals surface area contributed by atoms with Crippen LogP contribution in [0, 0.1) is 0 Å². The minimum absolute atomic E-state index is 0.0484. The summed E-state index contributed by atoms with van der Waals surface area (Å²) in [6, 6.07) is 92.6. The predicted molar refractivity (Wildman–Crippen MR) is 314 cm³/mol. The maximum atomic E-state index is 7.39. The summed E-state index contributed by atoms with van der Waals surface area (Å²) in [6.45, 7) is 7.31. The molecule has 1 aliphatic heterocycles. The first-order valence-electron chi connectivity index (χ1n) is 26.3. The molecule has 0 saturated heterocycles. The summed E-state index contributed by atoms with van der Waals surface area (Å²) in [5, 5.41) is 2.31. The fraction of sp³-hybridized carbons (Fsp3) is 0.0845. The number of para-hydroxylation sites is 4. The maximum Gasteiger partial charge on any atom is 0.137 e. The molecule has 0 radical (unpaired) electrons. The van der Waals surface area contributed by atoms with Gasteiger partial charge in [-0.1, -0.05) is 209 Å². The molecule has 76 heavy (non-hydrogen) atoms. The molecule has 0 fully saturated rings. The fourth-order valence-corrected chi connectivity index (χ4v) is 12.3.